The summed E-state index contributed by atoms with van der Waals surface area (Å²) in [5.41, 5.74) is 0.874. The van der Waals surface area contributed by atoms with Gasteiger partial charge in [-0.05, 0) is 55.0 Å². The lowest BCUT2D eigenvalue weighted by Gasteiger charge is -2.43. The molecule has 6 nitrogen and oxygen atoms in total. The Hall–Kier alpha value is -4.41. The fourth-order valence-electron chi connectivity index (χ4n) is 4.80. The first-order chi connectivity index (χ1) is 19.1. The van der Waals surface area contributed by atoms with Crippen LogP contribution < -0.4 is 9.80 Å². The van der Waals surface area contributed by atoms with Gasteiger partial charge in [0, 0.05) is 49.2 Å². The van der Waals surface area contributed by atoms with Gasteiger partial charge in [0.05, 0.1) is 18.4 Å². The van der Waals surface area contributed by atoms with Crippen LogP contribution >= 0.6 is 0 Å². The van der Waals surface area contributed by atoms with E-state index in [4.69, 9.17) is 4.74 Å². The molecule has 1 fully saturated rings. The van der Waals surface area contributed by atoms with Gasteiger partial charge in [0.1, 0.15) is 17.3 Å². The standard InChI is InChI=1S/C29H25F5N4O2/c1-18-15-20(9-10-23(18)30)36-11-13-37(14-12-36)28-35-27-22(7-4-8-24(27)31)25(17-26(39)40-2)38(28)21-6-3-5-19(16-21)29(32,33)34/h3-10,15-17H,11-14H2,1-2H3. The number of nitrogens with zero attached hydrogens (tertiary/aromatic N) is 4. The number of esters is 1. The number of halogens is 5. The van der Waals surface area contributed by atoms with Crippen LogP contribution in [0.2, 0.25) is 0 Å². The molecule has 2 aliphatic heterocycles. The van der Waals surface area contributed by atoms with Gasteiger partial charge in [-0.1, -0.05) is 18.2 Å². The zero-order valence-electron chi connectivity index (χ0n) is 21.7. The molecule has 2 aliphatic rings. The SMILES string of the molecule is COC(=O)C=C1c2cccc(F)c2N=C(N2CCN(c3ccc(F)c(C)c3)CC2)N1c1cccc(C(F)(F)F)c1. The maximum atomic E-state index is 15.0. The van der Waals surface area contributed by atoms with Gasteiger partial charge >= 0.3 is 12.1 Å². The van der Waals surface area contributed by atoms with Crippen molar-refractivity contribution in [2.75, 3.05) is 43.1 Å². The Kier molecular flexibility index (Phi) is 7.22. The van der Waals surface area contributed by atoms with E-state index >= 15 is 4.39 Å². The van der Waals surface area contributed by atoms with Crippen LogP contribution in [0.25, 0.3) is 5.70 Å². The Morgan fingerprint density at radius 3 is 2.27 bits per heavy atom. The molecule has 0 spiro atoms. The Balaban J connectivity index is 1.59. The van der Waals surface area contributed by atoms with E-state index in [9.17, 15) is 22.4 Å². The molecule has 3 aromatic carbocycles. The number of para-hydroxylation sites is 1. The molecule has 11 heteroatoms. The summed E-state index contributed by atoms with van der Waals surface area (Å²) < 4.78 is 74.7. The lowest BCUT2D eigenvalue weighted by atomic mass is 10.0. The number of aliphatic imine (C=N–C) groups is 1. The molecule has 2 heterocycles. The molecule has 0 N–H and O–H groups in total. The lowest BCUT2D eigenvalue weighted by Crippen LogP contribution is -2.54. The fraction of sp³-hybridized carbons (Fsp3) is 0.241. The number of carbonyl (C=O) groups excluding carboxylic acids is 1. The van der Waals surface area contributed by atoms with Crippen molar-refractivity contribution in [1.29, 1.82) is 0 Å². The zero-order chi connectivity index (χ0) is 28.6. The molecule has 0 aliphatic carbocycles. The first kappa shape index (κ1) is 27.2. The Morgan fingerprint density at radius 1 is 0.900 bits per heavy atom. The number of aryl methyl sites for hydroxylation is 1. The van der Waals surface area contributed by atoms with Gasteiger partial charge in [0.25, 0.3) is 0 Å². The number of alkyl halides is 3. The number of rotatable bonds is 3. The number of hydrogen-bond acceptors (Lipinski definition) is 6. The van der Waals surface area contributed by atoms with Crippen LogP contribution in [-0.4, -0.2) is 50.1 Å². The third kappa shape index (κ3) is 5.23. The zero-order valence-corrected chi connectivity index (χ0v) is 21.7. The number of piperazine rings is 1. The minimum atomic E-state index is -4.61. The van der Waals surface area contributed by atoms with Crippen LogP contribution in [0.1, 0.15) is 16.7 Å². The molecule has 0 atom stereocenters. The molecule has 40 heavy (non-hydrogen) atoms. The molecule has 0 saturated carbocycles. The number of hydrogen-bond donors (Lipinski definition) is 0. The summed E-state index contributed by atoms with van der Waals surface area (Å²) in [6.07, 6.45) is -3.50. The van der Waals surface area contributed by atoms with Crippen molar-refractivity contribution < 1.29 is 31.5 Å². The molecule has 0 unspecified atom stereocenters. The molecule has 0 radical (unpaired) electrons. The summed E-state index contributed by atoms with van der Waals surface area (Å²) in [6.45, 7) is 3.40. The second kappa shape index (κ2) is 10.6. The monoisotopic (exact) mass is 556 g/mol. The summed E-state index contributed by atoms with van der Waals surface area (Å²) >= 11 is 0. The van der Waals surface area contributed by atoms with E-state index in [2.05, 4.69) is 9.89 Å². The fourth-order valence-corrected chi connectivity index (χ4v) is 4.80. The third-order valence-corrected chi connectivity index (χ3v) is 6.87. The maximum absolute atomic E-state index is 15.0. The third-order valence-electron chi connectivity index (χ3n) is 6.87. The van der Waals surface area contributed by atoms with Crippen molar-refractivity contribution in [3.05, 3.63) is 95.1 Å². The van der Waals surface area contributed by atoms with Crippen molar-refractivity contribution in [2.24, 2.45) is 4.99 Å². The van der Waals surface area contributed by atoms with Crippen molar-refractivity contribution >= 4 is 34.7 Å². The average molecular weight is 557 g/mol. The van der Waals surface area contributed by atoms with E-state index in [1.54, 1.807) is 25.1 Å². The average Bonchev–Trinajstić information content (AvgIpc) is 2.94. The van der Waals surface area contributed by atoms with Crippen molar-refractivity contribution in [2.45, 2.75) is 13.1 Å². The van der Waals surface area contributed by atoms with Gasteiger partial charge in [-0.15, -0.1) is 0 Å². The molecular formula is C29H25F5N4O2. The van der Waals surface area contributed by atoms with Crippen LogP contribution in [0.5, 0.6) is 0 Å². The van der Waals surface area contributed by atoms with Crippen LogP contribution in [-0.2, 0) is 15.7 Å². The minimum Gasteiger partial charge on any atom is -0.466 e. The van der Waals surface area contributed by atoms with Gasteiger partial charge in [-0.3, -0.25) is 4.90 Å². The second-order valence-corrected chi connectivity index (χ2v) is 9.39. The first-order valence-corrected chi connectivity index (χ1v) is 12.5. The molecule has 208 valence electrons. The van der Waals surface area contributed by atoms with Gasteiger partial charge in [0.2, 0.25) is 5.96 Å². The second-order valence-electron chi connectivity index (χ2n) is 9.39. The number of guanidine groups is 1. The largest absolute Gasteiger partial charge is 0.466 e. The number of carbonyl (C=O) groups is 1. The van der Waals surface area contributed by atoms with Crippen molar-refractivity contribution in [1.82, 2.24) is 4.90 Å². The van der Waals surface area contributed by atoms with E-state index in [1.165, 1.54) is 42.3 Å². The number of methoxy groups -OCH3 is 1. The Morgan fingerprint density at radius 2 is 1.60 bits per heavy atom. The summed E-state index contributed by atoms with van der Waals surface area (Å²) in [4.78, 5) is 22.3. The van der Waals surface area contributed by atoms with E-state index < -0.39 is 23.5 Å². The molecular weight excluding hydrogens is 531 g/mol. The summed E-state index contributed by atoms with van der Waals surface area (Å²) in [5.74, 6) is -1.54. The van der Waals surface area contributed by atoms with Gasteiger partial charge < -0.3 is 14.5 Å². The molecule has 0 bridgehead atoms. The quantitative estimate of drug-likeness (QED) is 0.221. The summed E-state index contributed by atoms with van der Waals surface area (Å²) in [6, 6.07) is 13.7. The first-order valence-electron chi connectivity index (χ1n) is 12.5. The van der Waals surface area contributed by atoms with E-state index in [0.29, 0.717) is 31.7 Å². The lowest BCUT2D eigenvalue weighted by molar-refractivity contribution is -0.137. The predicted octanol–water partition coefficient (Wildman–Crippen LogP) is 6.14. The van der Waals surface area contributed by atoms with E-state index in [-0.39, 0.29) is 34.4 Å². The smallest absolute Gasteiger partial charge is 0.416 e. The Labute approximate surface area is 227 Å². The van der Waals surface area contributed by atoms with Gasteiger partial charge in [-0.25, -0.2) is 18.6 Å². The highest BCUT2D eigenvalue weighted by molar-refractivity contribution is 6.15. The number of ether oxygens (including phenoxy) is 1. The Bertz CT molecular complexity index is 1510. The molecule has 0 aromatic heterocycles. The maximum Gasteiger partial charge on any atom is 0.416 e. The van der Waals surface area contributed by atoms with Gasteiger partial charge in [-0.2, -0.15) is 13.2 Å². The van der Waals surface area contributed by atoms with Crippen molar-refractivity contribution in [3.63, 3.8) is 0 Å². The van der Waals surface area contributed by atoms with Gasteiger partial charge in [0.15, 0.2) is 0 Å². The van der Waals surface area contributed by atoms with Crippen LogP contribution in [0, 0.1) is 18.6 Å². The highest BCUT2D eigenvalue weighted by atomic mass is 19.4. The molecule has 5 rings (SSSR count). The number of anilines is 2. The highest BCUT2D eigenvalue weighted by Crippen LogP contribution is 2.41. The molecule has 0 amide bonds. The highest BCUT2D eigenvalue weighted by Gasteiger charge is 2.36. The topological polar surface area (TPSA) is 48.4 Å². The van der Waals surface area contributed by atoms with Crippen LogP contribution in [0.3, 0.4) is 0 Å². The van der Waals surface area contributed by atoms with Crippen LogP contribution in [0.4, 0.5) is 39.0 Å². The normalized spacial score (nSPS) is 16.6. The van der Waals surface area contributed by atoms with Crippen molar-refractivity contribution in [3.8, 4) is 0 Å². The summed E-state index contributed by atoms with van der Waals surface area (Å²) in [7, 11) is 1.18. The number of benzene rings is 3. The van der Waals surface area contributed by atoms with Crippen LogP contribution in [0.15, 0.2) is 71.7 Å². The predicted molar refractivity (Wildman–Crippen MR) is 142 cm³/mol. The summed E-state index contributed by atoms with van der Waals surface area (Å²) in [5, 5.41) is 0. The van der Waals surface area contributed by atoms with E-state index in [0.717, 1.165) is 23.9 Å². The molecule has 1 saturated heterocycles. The number of fused-ring (bicyclic) bond motifs is 1. The minimum absolute atomic E-state index is 0.0348. The van der Waals surface area contributed by atoms with E-state index in [1.807, 2.05) is 4.90 Å². The molecule has 3 aromatic rings.